The predicted molar refractivity (Wildman–Crippen MR) is 67.8 cm³/mol. The maximum atomic E-state index is 12.3. The number of H-pyrrole nitrogens is 1. The van der Waals surface area contributed by atoms with Crippen LogP contribution >= 0.6 is 0 Å². The first-order chi connectivity index (χ1) is 8.42. The summed E-state index contributed by atoms with van der Waals surface area (Å²) in [4.78, 5) is 4.11. The Labute approximate surface area is 106 Å². The van der Waals surface area contributed by atoms with Crippen molar-refractivity contribution in [2.75, 3.05) is 4.72 Å². The molecule has 7 heteroatoms. The summed E-state index contributed by atoms with van der Waals surface area (Å²) in [6.07, 6.45) is 3.15. The number of aromatic nitrogens is 3. The van der Waals surface area contributed by atoms with Gasteiger partial charge in [0.25, 0.3) is 10.0 Å². The summed E-state index contributed by atoms with van der Waals surface area (Å²) in [6.45, 7) is 5.12. The van der Waals surface area contributed by atoms with Crippen molar-refractivity contribution in [2.45, 2.75) is 25.7 Å². The van der Waals surface area contributed by atoms with E-state index < -0.39 is 10.0 Å². The Balaban J connectivity index is 2.43. The maximum absolute atomic E-state index is 12.3. The quantitative estimate of drug-likeness (QED) is 0.881. The number of hydrogen-bond acceptors (Lipinski definition) is 4. The molecule has 0 fully saturated rings. The molecule has 2 rings (SSSR count). The molecule has 18 heavy (non-hydrogen) atoms. The van der Waals surface area contributed by atoms with Crippen LogP contribution in [0.2, 0.25) is 0 Å². The topological polar surface area (TPSA) is 87.7 Å². The monoisotopic (exact) mass is 266 g/mol. The van der Waals surface area contributed by atoms with Crippen molar-refractivity contribution in [2.24, 2.45) is 0 Å². The molecule has 2 aromatic rings. The number of pyridine rings is 1. The van der Waals surface area contributed by atoms with Gasteiger partial charge in [-0.3, -0.25) is 14.8 Å². The Morgan fingerprint density at radius 1 is 1.28 bits per heavy atom. The van der Waals surface area contributed by atoms with Gasteiger partial charge in [-0.05, 0) is 32.4 Å². The Hall–Kier alpha value is -1.89. The highest BCUT2D eigenvalue weighted by atomic mass is 32.2. The van der Waals surface area contributed by atoms with E-state index in [0.29, 0.717) is 17.1 Å². The molecule has 0 radical (unpaired) electrons. The smallest absolute Gasteiger partial charge is 0.265 e. The number of anilines is 1. The summed E-state index contributed by atoms with van der Waals surface area (Å²) in [7, 11) is -3.63. The Bertz CT molecular complexity index is 657. The number of nitrogens with one attached hydrogen (secondary N) is 2. The summed E-state index contributed by atoms with van der Waals surface area (Å²) in [5.74, 6) is 0. The normalized spacial score (nSPS) is 11.5. The molecule has 0 aliphatic heterocycles. The van der Waals surface area contributed by atoms with E-state index in [-0.39, 0.29) is 4.90 Å². The van der Waals surface area contributed by atoms with Crippen LogP contribution in [0.4, 0.5) is 5.69 Å². The van der Waals surface area contributed by atoms with Crippen molar-refractivity contribution in [1.29, 1.82) is 0 Å². The Morgan fingerprint density at radius 3 is 2.56 bits per heavy atom. The average Bonchev–Trinajstić information content (AvgIpc) is 2.62. The lowest BCUT2D eigenvalue weighted by molar-refractivity contribution is 0.600. The molecule has 0 atom stereocenters. The Kier molecular flexibility index (Phi) is 3.08. The fourth-order valence-electron chi connectivity index (χ4n) is 1.72. The van der Waals surface area contributed by atoms with E-state index in [4.69, 9.17) is 0 Å². The first kappa shape index (κ1) is 12.6. The number of hydrogen-bond donors (Lipinski definition) is 2. The van der Waals surface area contributed by atoms with Crippen molar-refractivity contribution in [3.8, 4) is 0 Å². The third kappa shape index (κ3) is 2.21. The van der Waals surface area contributed by atoms with Gasteiger partial charge in [0.1, 0.15) is 4.90 Å². The van der Waals surface area contributed by atoms with Gasteiger partial charge in [0.15, 0.2) is 0 Å². The molecule has 96 valence electrons. The lowest BCUT2D eigenvalue weighted by atomic mass is 10.3. The first-order valence-electron chi connectivity index (χ1n) is 5.37. The minimum atomic E-state index is -3.63. The van der Waals surface area contributed by atoms with Gasteiger partial charge < -0.3 is 0 Å². The molecule has 0 bridgehead atoms. The zero-order chi connectivity index (χ0) is 13.3. The molecule has 2 aromatic heterocycles. The van der Waals surface area contributed by atoms with E-state index in [1.54, 1.807) is 39.2 Å². The van der Waals surface area contributed by atoms with Crippen LogP contribution in [0.1, 0.15) is 17.0 Å². The van der Waals surface area contributed by atoms with E-state index in [2.05, 4.69) is 19.9 Å². The summed E-state index contributed by atoms with van der Waals surface area (Å²) < 4.78 is 27.1. The molecule has 0 amide bonds. The third-order valence-electron chi connectivity index (χ3n) is 2.59. The van der Waals surface area contributed by atoms with Crippen LogP contribution in [-0.4, -0.2) is 23.6 Å². The van der Waals surface area contributed by atoms with Crippen LogP contribution in [0.5, 0.6) is 0 Å². The molecule has 6 nitrogen and oxygen atoms in total. The van der Waals surface area contributed by atoms with E-state index >= 15 is 0 Å². The van der Waals surface area contributed by atoms with Crippen molar-refractivity contribution in [3.63, 3.8) is 0 Å². The van der Waals surface area contributed by atoms with E-state index in [0.717, 1.165) is 5.56 Å². The molecule has 2 heterocycles. The second-order valence-electron chi connectivity index (χ2n) is 4.06. The number of rotatable bonds is 3. The molecule has 0 unspecified atom stereocenters. The highest BCUT2D eigenvalue weighted by Gasteiger charge is 2.22. The first-order valence-corrected chi connectivity index (χ1v) is 6.85. The molecule has 0 saturated carbocycles. The van der Waals surface area contributed by atoms with Crippen LogP contribution in [0, 0.1) is 20.8 Å². The van der Waals surface area contributed by atoms with E-state index in [9.17, 15) is 8.42 Å². The van der Waals surface area contributed by atoms with Crippen LogP contribution in [0.25, 0.3) is 0 Å². The third-order valence-corrected chi connectivity index (χ3v) is 4.22. The van der Waals surface area contributed by atoms with Crippen LogP contribution in [-0.2, 0) is 10.0 Å². The zero-order valence-electron chi connectivity index (χ0n) is 10.4. The minimum Gasteiger partial charge on any atom is -0.281 e. The highest BCUT2D eigenvalue weighted by molar-refractivity contribution is 7.92. The maximum Gasteiger partial charge on any atom is 0.265 e. The largest absolute Gasteiger partial charge is 0.281 e. The van der Waals surface area contributed by atoms with Gasteiger partial charge >= 0.3 is 0 Å². The molecule has 0 spiro atoms. The summed E-state index contributed by atoms with van der Waals surface area (Å²) in [5, 5.41) is 6.55. The number of nitrogens with zero attached hydrogens (tertiary/aromatic N) is 2. The molecule has 0 saturated heterocycles. The van der Waals surface area contributed by atoms with E-state index in [1.165, 1.54) is 0 Å². The van der Waals surface area contributed by atoms with Gasteiger partial charge in [-0.2, -0.15) is 5.10 Å². The number of aromatic amines is 1. The molecule has 0 aromatic carbocycles. The van der Waals surface area contributed by atoms with Crippen molar-refractivity contribution in [3.05, 3.63) is 35.4 Å². The van der Waals surface area contributed by atoms with Crippen LogP contribution in [0.3, 0.4) is 0 Å². The van der Waals surface area contributed by atoms with Gasteiger partial charge in [-0.25, -0.2) is 8.42 Å². The summed E-state index contributed by atoms with van der Waals surface area (Å²) in [5.41, 5.74) is 2.25. The molecule has 0 aliphatic rings. The molecule has 0 aliphatic carbocycles. The van der Waals surface area contributed by atoms with Gasteiger partial charge in [-0.15, -0.1) is 0 Å². The van der Waals surface area contributed by atoms with Crippen molar-refractivity contribution < 1.29 is 8.42 Å². The fourth-order valence-corrected chi connectivity index (χ4v) is 3.22. The number of sulfonamides is 1. The minimum absolute atomic E-state index is 0.193. The summed E-state index contributed by atoms with van der Waals surface area (Å²) in [6, 6.07) is 1.62. The number of aryl methyl sites for hydroxylation is 3. The van der Waals surface area contributed by atoms with Gasteiger partial charge in [0, 0.05) is 12.4 Å². The zero-order valence-corrected chi connectivity index (χ0v) is 11.2. The van der Waals surface area contributed by atoms with Crippen molar-refractivity contribution >= 4 is 15.7 Å². The fraction of sp³-hybridized carbons (Fsp3) is 0.273. The second kappa shape index (κ2) is 4.41. The average molecular weight is 266 g/mol. The lowest BCUT2D eigenvalue weighted by Crippen LogP contribution is -2.15. The lowest BCUT2D eigenvalue weighted by Gasteiger charge is -2.09. The van der Waals surface area contributed by atoms with Gasteiger partial charge in [0.05, 0.1) is 17.1 Å². The summed E-state index contributed by atoms with van der Waals surface area (Å²) >= 11 is 0. The molecular weight excluding hydrogens is 252 g/mol. The second-order valence-corrected chi connectivity index (χ2v) is 5.68. The van der Waals surface area contributed by atoms with E-state index in [1.807, 2.05) is 0 Å². The van der Waals surface area contributed by atoms with Gasteiger partial charge in [0.2, 0.25) is 0 Å². The van der Waals surface area contributed by atoms with Crippen LogP contribution < -0.4 is 4.72 Å². The predicted octanol–water partition coefficient (Wildman–Crippen LogP) is 1.53. The van der Waals surface area contributed by atoms with Crippen LogP contribution in [0.15, 0.2) is 23.4 Å². The SMILES string of the molecule is Cc1cnccc1NS(=O)(=O)c1c(C)n[nH]c1C. The van der Waals surface area contributed by atoms with Crippen molar-refractivity contribution in [1.82, 2.24) is 15.2 Å². The standard InChI is InChI=1S/C11H14N4O2S/c1-7-6-12-5-4-10(7)15-18(16,17)11-8(2)13-14-9(11)3/h4-6H,1-3H3,(H,12,15)(H,13,14). The molecule has 2 N–H and O–H groups in total. The van der Waals surface area contributed by atoms with Gasteiger partial charge in [-0.1, -0.05) is 0 Å². The Morgan fingerprint density at radius 2 is 2.00 bits per heavy atom. The highest BCUT2D eigenvalue weighted by Crippen LogP contribution is 2.22. The molecular formula is C11H14N4O2S.